The standard InChI is InChI=1S/C17H20N4O3/c1-24-14-5-3-13(4-6-14)11-15-16(22)21(17(23)19-15)9-2-8-20-10-7-18-12-20/h3-7,10,12,15H,2,8-9,11H2,1H3,(H,19,23). The molecular weight excluding hydrogens is 308 g/mol. The zero-order valence-electron chi connectivity index (χ0n) is 13.5. The number of ether oxygens (including phenoxy) is 1. The first-order chi connectivity index (χ1) is 11.7. The number of hydrogen-bond acceptors (Lipinski definition) is 4. The third kappa shape index (κ3) is 3.56. The fraction of sp³-hybridized carbons (Fsp3) is 0.353. The van der Waals surface area contributed by atoms with Crippen LogP contribution in [0.1, 0.15) is 12.0 Å². The molecule has 0 radical (unpaired) electrons. The van der Waals surface area contributed by atoms with Crippen LogP contribution < -0.4 is 10.1 Å². The number of aromatic nitrogens is 2. The van der Waals surface area contributed by atoms with Crippen molar-refractivity contribution in [2.45, 2.75) is 25.4 Å². The Labute approximate surface area is 140 Å². The Kier molecular flexibility index (Phi) is 4.79. The minimum absolute atomic E-state index is 0.165. The van der Waals surface area contributed by atoms with E-state index in [2.05, 4.69) is 10.3 Å². The number of nitrogens with zero attached hydrogens (tertiary/aromatic N) is 3. The number of nitrogens with one attached hydrogen (secondary N) is 1. The maximum absolute atomic E-state index is 12.4. The molecule has 126 valence electrons. The van der Waals surface area contributed by atoms with Crippen LogP contribution in [0, 0.1) is 0 Å². The fourth-order valence-electron chi connectivity index (χ4n) is 2.75. The van der Waals surface area contributed by atoms with Crippen LogP contribution >= 0.6 is 0 Å². The van der Waals surface area contributed by atoms with E-state index in [1.807, 2.05) is 35.0 Å². The maximum Gasteiger partial charge on any atom is 0.324 e. The molecule has 1 aromatic heterocycles. The van der Waals surface area contributed by atoms with Crippen molar-refractivity contribution in [2.75, 3.05) is 13.7 Å². The minimum Gasteiger partial charge on any atom is -0.497 e. The summed E-state index contributed by atoms with van der Waals surface area (Å²) in [6.45, 7) is 1.13. The molecule has 1 fully saturated rings. The smallest absolute Gasteiger partial charge is 0.324 e. The molecule has 0 spiro atoms. The second kappa shape index (κ2) is 7.16. The van der Waals surface area contributed by atoms with Crippen molar-refractivity contribution in [3.63, 3.8) is 0 Å². The molecule has 1 unspecified atom stereocenters. The first kappa shape index (κ1) is 16.0. The topological polar surface area (TPSA) is 76.5 Å². The van der Waals surface area contributed by atoms with Crippen LogP contribution in [0.5, 0.6) is 5.75 Å². The number of benzene rings is 1. The number of imide groups is 1. The zero-order chi connectivity index (χ0) is 16.9. The van der Waals surface area contributed by atoms with Crippen molar-refractivity contribution in [3.05, 3.63) is 48.5 Å². The number of imidazole rings is 1. The van der Waals surface area contributed by atoms with Crippen LogP contribution in [0.4, 0.5) is 4.79 Å². The van der Waals surface area contributed by atoms with Gasteiger partial charge in [-0.2, -0.15) is 0 Å². The van der Waals surface area contributed by atoms with Gasteiger partial charge < -0.3 is 14.6 Å². The number of carbonyl (C=O) groups is 2. The summed E-state index contributed by atoms with van der Waals surface area (Å²) >= 11 is 0. The molecular formula is C17H20N4O3. The molecule has 1 aliphatic heterocycles. The number of methoxy groups -OCH3 is 1. The number of urea groups is 1. The third-order valence-corrected chi connectivity index (χ3v) is 4.06. The quantitative estimate of drug-likeness (QED) is 0.781. The fourth-order valence-corrected chi connectivity index (χ4v) is 2.75. The van der Waals surface area contributed by atoms with Crippen molar-refractivity contribution in [1.29, 1.82) is 0 Å². The van der Waals surface area contributed by atoms with Gasteiger partial charge in [0.1, 0.15) is 11.8 Å². The molecule has 1 saturated heterocycles. The van der Waals surface area contributed by atoms with Crippen molar-refractivity contribution < 1.29 is 14.3 Å². The van der Waals surface area contributed by atoms with Gasteiger partial charge >= 0.3 is 6.03 Å². The van der Waals surface area contributed by atoms with Gasteiger partial charge in [-0.05, 0) is 24.1 Å². The van der Waals surface area contributed by atoms with E-state index in [1.54, 1.807) is 19.6 Å². The Hall–Kier alpha value is -2.83. The van der Waals surface area contributed by atoms with Crippen LogP contribution in [0.25, 0.3) is 0 Å². The van der Waals surface area contributed by atoms with Crippen LogP contribution in [-0.4, -0.2) is 46.1 Å². The van der Waals surface area contributed by atoms with E-state index in [4.69, 9.17) is 4.74 Å². The molecule has 1 N–H and O–H groups in total. The summed E-state index contributed by atoms with van der Waals surface area (Å²) in [5.74, 6) is 0.600. The monoisotopic (exact) mass is 328 g/mol. The highest BCUT2D eigenvalue weighted by atomic mass is 16.5. The predicted octanol–water partition coefficient (Wildman–Crippen LogP) is 1.44. The van der Waals surface area contributed by atoms with Gasteiger partial charge in [0.15, 0.2) is 0 Å². The van der Waals surface area contributed by atoms with Gasteiger partial charge in [-0.25, -0.2) is 9.78 Å². The summed E-state index contributed by atoms with van der Waals surface area (Å²) in [6.07, 6.45) is 6.46. The molecule has 1 atom stereocenters. The number of rotatable bonds is 7. The first-order valence-electron chi connectivity index (χ1n) is 7.88. The largest absolute Gasteiger partial charge is 0.497 e. The van der Waals surface area contributed by atoms with Crippen molar-refractivity contribution >= 4 is 11.9 Å². The summed E-state index contributed by atoms with van der Waals surface area (Å²) in [5, 5.41) is 2.76. The van der Waals surface area contributed by atoms with Gasteiger partial charge in [0.05, 0.1) is 13.4 Å². The molecule has 0 aliphatic carbocycles. The van der Waals surface area contributed by atoms with Gasteiger partial charge in [-0.15, -0.1) is 0 Å². The zero-order valence-corrected chi connectivity index (χ0v) is 13.5. The number of carbonyl (C=O) groups excluding carboxylic acids is 2. The second-order valence-corrected chi connectivity index (χ2v) is 5.70. The van der Waals surface area contributed by atoms with Gasteiger partial charge in [0.2, 0.25) is 0 Å². The molecule has 1 aromatic carbocycles. The van der Waals surface area contributed by atoms with Crippen LogP contribution in [0.2, 0.25) is 0 Å². The average molecular weight is 328 g/mol. The molecule has 3 amide bonds. The van der Waals surface area contributed by atoms with Crippen molar-refractivity contribution in [2.24, 2.45) is 0 Å². The highest BCUT2D eigenvalue weighted by molar-refractivity contribution is 6.04. The molecule has 2 aromatic rings. The summed E-state index contributed by atoms with van der Waals surface area (Å²) in [5.41, 5.74) is 0.981. The Balaban J connectivity index is 1.54. The van der Waals surface area contributed by atoms with E-state index in [0.29, 0.717) is 19.4 Å². The van der Waals surface area contributed by atoms with Crippen molar-refractivity contribution in [1.82, 2.24) is 19.8 Å². The minimum atomic E-state index is -0.501. The third-order valence-electron chi connectivity index (χ3n) is 4.06. The van der Waals surface area contributed by atoms with Gasteiger partial charge in [0, 0.05) is 31.9 Å². The Bertz CT molecular complexity index is 697. The van der Waals surface area contributed by atoms with Gasteiger partial charge in [0.25, 0.3) is 5.91 Å². The lowest BCUT2D eigenvalue weighted by atomic mass is 10.1. The highest BCUT2D eigenvalue weighted by Crippen LogP contribution is 2.16. The van der Waals surface area contributed by atoms with E-state index in [1.165, 1.54) is 4.90 Å². The van der Waals surface area contributed by atoms with E-state index in [-0.39, 0.29) is 11.9 Å². The second-order valence-electron chi connectivity index (χ2n) is 5.70. The molecule has 7 nitrogen and oxygen atoms in total. The highest BCUT2D eigenvalue weighted by Gasteiger charge is 2.37. The molecule has 7 heteroatoms. The van der Waals surface area contributed by atoms with Gasteiger partial charge in [-0.1, -0.05) is 12.1 Å². The number of aryl methyl sites for hydroxylation is 1. The van der Waals surface area contributed by atoms with E-state index in [0.717, 1.165) is 17.9 Å². The lowest BCUT2D eigenvalue weighted by Crippen LogP contribution is -2.33. The maximum atomic E-state index is 12.4. The average Bonchev–Trinajstić information content (AvgIpc) is 3.19. The molecule has 0 saturated carbocycles. The summed E-state index contributed by atoms with van der Waals surface area (Å²) in [4.78, 5) is 29.7. The summed E-state index contributed by atoms with van der Waals surface area (Å²) in [6, 6.07) is 6.68. The Morgan fingerprint density at radius 3 is 2.67 bits per heavy atom. The van der Waals surface area contributed by atoms with Crippen molar-refractivity contribution in [3.8, 4) is 5.75 Å². The van der Waals surface area contributed by atoms with Crippen LogP contribution in [0.3, 0.4) is 0 Å². The lowest BCUT2D eigenvalue weighted by molar-refractivity contribution is -0.127. The summed E-state index contributed by atoms with van der Waals surface area (Å²) < 4.78 is 7.04. The molecule has 1 aliphatic rings. The van der Waals surface area contributed by atoms with E-state index in [9.17, 15) is 9.59 Å². The predicted molar refractivity (Wildman–Crippen MR) is 87.6 cm³/mol. The SMILES string of the molecule is COc1ccc(CC2NC(=O)N(CCCn3ccnc3)C2=O)cc1. The molecule has 2 heterocycles. The van der Waals surface area contributed by atoms with Crippen LogP contribution in [0.15, 0.2) is 43.0 Å². The lowest BCUT2D eigenvalue weighted by Gasteiger charge is -2.13. The summed E-state index contributed by atoms with van der Waals surface area (Å²) in [7, 11) is 1.61. The van der Waals surface area contributed by atoms with E-state index >= 15 is 0 Å². The number of amides is 3. The molecule has 3 rings (SSSR count). The van der Waals surface area contributed by atoms with Crippen LogP contribution in [-0.2, 0) is 17.8 Å². The van der Waals surface area contributed by atoms with E-state index < -0.39 is 6.04 Å². The Morgan fingerprint density at radius 1 is 1.21 bits per heavy atom. The Morgan fingerprint density at radius 2 is 2.00 bits per heavy atom. The first-order valence-corrected chi connectivity index (χ1v) is 7.88. The molecule has 0 bridgehead atoms. The number of hydrogen-bond donors (Lipinski definition) is 1. The normalized spacial score (nSPS) is 17.2. The van der Waals surface area contributed by atoms with Gasteiger partial charge in [-0.3, -0.25) is 9.69 Å². The molecule has 24 heavy (non-hydrogen) atoms.